The third kappa shape index (κ3) is 4.15. The minimum absolute atomic E-state index is 0.0377. The highest BCUT2D eigenvalue weighted by Crippen LogP contribution is 2.14. The average molecular weight is 239 g/mol. The van der Waals surface area contributed by atoms with E-state index in [4.69, 9.17) is 0 Å². The second-order valence-corrected chi connectivity index (χ2v) is 4.53. The van der Waals surface area contributed by atoms with Crippen molar-refractivity contribution < 1.29 is 14.3 Å². The number of aliphatic hydroxyl groups is 1. The highest BCUT2D eigenvalue weighted by molar-refractivity contribution is 5.91. The Labute approximate surface area is 101 Å². The molecule has 1 amide bonds. The number of amides is 1. The molecule has 0 saturated heterocycles. The number of anilines is 1. The van der Waals surface area contributed by atoms with Crippen molar-refractivity contribution in [3.63, 3.8) is 0 Å². The van der Waals surface area contributed by atoms with Crippen LogP contribution in [0, 0.1) is 18.7 Å². The van der Waals surface area contributed by atoms with Gasteiger partial charge >= 0.3 is 0 Å². The van der Waals surface area contributed by atoms with Gasteiger partial charge in [-0.1, -0.05) is 13.8 Å². The highest BCUT2D eigenvalue weighted by atomic mass is 19.1. The summed E-state index contributed by atoms with van der Waals surface area (Å²) in [5, 5.41) is 12.2. The summed E-state index contributed by atoms with van der Waals surface area (Å²) in [6, 6.07) is 4.38. The molecule has 94 valence electrons. The van der Waals surface area contributed by atoms with Gasteiger partial charge in [-0.05, 0) is 36.6 Å². The van der Waals surface area contributed by atoms with E-state index in [1.54, 1.807) is 13.0 Å². The van der Waals surface area contributed by atoms with Crippen molar-refractivity contribution in [2.24, 2.45) is 5.92 Å². The predicted octanol–water partition coefficient (Wildman–Crippen LogP) is 2.48. The van der Waals surface area contributed by atoms with Gasteiger partial charge in [-0.15, -0.1) is 0 Å². The fourth-order valence-corrected chi connectivity index (χ4v) is 1.36. The molecule has 0 bridgehead atoms. The Balaban J connectivity index is 2.59. The molecule has 3 nitrogen and oxygen atoms in total. The van der Waals surface area contributed by atoms with E-state index in [0.29, 0.717) is 11.3 Å². The van der Waals surface area contributed by atoms with E-state index in [1.807, 2.05) is 13.8 Å². The first kappa shape index (κ1) is 13.6. The lowest BCUT2D eigenvalue weighted by molar-refractivity contribution is -0.118. The highest BCUT2D eigenvalue weighted by Gasteiger charge is 2.14. The van der Waals surface area contributed by atoms with E-state index in [2.05, 4.69) is 5.32 Å². The molecule has 0 aliphatic carbocycles. The SMILES string of the molecule is Cc1cc(NC(=O)CC(O)C(C)C)ccc1F. The maximum absolute atomic E-state index is 13.0. The molecule has 0 aliphatic heterocycles. The van der Waals surface area contributed by atoms with Gasteiger partial charge in [-0.2, -0.15) is 0 Å². The lowest BCUT2D eigenvalue weighted by Gasteiger charge is -2.14. The molecule has 0 spiro atoms. The van der Waals surface area contributed by atoms with Crippen LogP contribution in [-0.2, 0) is 4.79 Å². The number of nitrogens with one attached hydrogen (secondary N) is 1. The van der Waals surface area contributed by atoms with E-state index >= 15 is 0 Å². The Morgan fingerprint density at radius 2 is 2.12 bits per heavy atom. The van der Waals surface area contributed by atoms with E-state index in [-0.39, 0.29) is 24.1 Å². The number of halogens is 1. The minimum Gasteiger partial charge on any atom is -0.392 e. The summed E-state index contributed by atoms with van der Waals surface area (Å²) < 4.78 is 13.0. The van der Waals surface area contributed by atoms with Crippen LogP contribution >= 0.6 is 0 Å². The molecule has 0 aliphatic rings. The number of benzene rings is 1. The number of carbonyl (C=O) groups is 1. The first-order chi connectivity index (χ1) is 7.90. The predicted molar refractivity (Wildman–Crippen MR) is 65.2 cm³/mol. The summed E-state index contributed by atoms with van der Waals surface area (Å²) in [4.78, 5) is 11.6. The molecule has 0 aromatic heterocycles. The molecular weight excluding hydrogens is 221 g/mol. The summed E-state index contributed by atoms with van der Waals surface area (Å²) >= 11 is 0. The van der Waals surface area contributed by atoms with Crippen LogP contribution in [0.1, 0.15) is 25.8 Å². The third-order valence-electron chi connectivity index (χ3n) is 2.61. The number of aryl methyl sites for hydroxylation is 1. The normalized spacial score (nSPS) is 12.6. The van der Waals surface area contributed by atoms with Crippen LogP contribution in [0.2, 0.25) is 0 Å². The van der Waals surface area contributed by atoms with Crippen molar-refractivity contribution in [3.05, 3.63) is 29.6 Å². The van der Waals surface area contributed by atoms with Crippen LogP contribution in [0.5, 0.6) is 0 Å². The van der Waals surface area contributed by atoms with Gasteiger partial charge in [0.25, 0.3) is 0 Å². The standard InChI is InChI=1S/C13H18FNO2/c1-8(2)12(16)7-13(17)15-10-4-5-11(14)9(3)6-10/h4-6,8,12,16H,7H2,1-3H3,(H,15,17). The average Bonchev–Trinajstić information content (AvgIpc) is 2.23. The first-order valence-electron chi connectivity index (χ1n) is 5.64. The molecule has 0 fully saturated rings. The number of carbonyl (C=O) groups excluding carboxylic acids is 1. The summed E-state index contributed by atoms with van der Waals surface area (Å²) in [6.45, 7) is 5.33. The smallest absolute Gasteiger partial charge is 0.226 e. The summed E-state index contributed by atoms with van der Waals surface area (Å²) in [7, 11) is 0. The molecule has 1 aromatic carbocycles. The van der Waals surface area contributed by atoms with Crippen LogP contribution < -0.4 is 5.32 Å². The molecule has 1 rings (SSSR count). The van der Waals surface area contributed by atoms with E-state index in [1.165, 1.54) is 12.1 Å². The summed E-state index contributed by atoms with van der Waals surface area (Å²) in [5.74, 6) is -0.530. The first-order valence-corrected chi connectivity index (χ1v) is 5.64. The zero-order valence-corrected chi connectivity index (χ0v) is 10.3. The van der Waals surface area contributed by atoms with E-state index in [9.17, 15) is 14.3 Å². The molecule has 2 N–H and O–H groups in total. The van der Waals surface area contributed by atoms with Crippen LogP contribution in [0.15, 0.2) is 18.2 Å². The molecule has 1 atom stereocenters. The van der Waals surface area contributed by atoms with Crippen molar-refractivity contribution in [2.75, 3.05) is 5.32 Å². The van der Waals surface area contributed by atoms with Crippen molar-refractivity contribution in [3.8, 4) is 0 Å². The number of aliphatic hydroxyl groups excluding tert-OH is 1. The van der Waals surface area contributed by atoms with Crippen molar-refractivity contribution >= 4 is 11.6 Å². The molecular formula is C13H18FNO2. The topological polar surface area (TPSA) is 49.3 Å². The molecule has 0 heterocycles. The van der Waals surface area contributed by atoms with Gasteiger partial charge in [0, 0.05) is 5.69 Å². The third-order valence-corrected chi connectivity index (χ3v) is 2.61. The molecule has 0 radical (unpaired) electrons. The molecule has 1 aromatic rings. The fourth-order valence-electron chi connectivity index (χ4n) is 1.36. The van der Waals surface area contributed by atoms with Gasteiger partial charge in [0.2, 0.25) is 5.91 Å². The van der Waals surface area contributed by atoms with Gasteiger partial charge in [-0.3, -0.25) is 4.79 Å². The lowest BCUT2D eigenvalue weighted by Crippen LogP contribution is -2.23. The maximum atomic E-state index is 13.0. The number of hydrogen-bond donors (Lipinski definition) is 2. The van der Waals surface area contributed by atoms with E-state index < -0.39 is 6.10 Å². The van der Waals surface area contributed by atoms with Gasteiger partial charge in [0.15, 0.2) is 0 Å². The zero-order chi connectivity index (χ0) is 13.0. The summed E-state index contributed by atoms with van der Waals surface area (Å²) in [5.41, 5.74) is 1.03. The Hall–Kier alpha value is -1.42. The van der Waals surface area contributed by atoms with E-state index in [0.717, 1.165) is 0 Å². The molecule has 17 heavy (non-hydrogen) atoms. The monoisotopic (exact) mass is 239 g/mol. The Morgan fingerprint density at radius 3 is 2.65 bits per heavy atom. The maximum Gasteiger partial charge on any atom is 0.226 e. The summed E-state index contributed by atoms with van der Waals surface area (Å²) in [6.07, 6.45) is -0.606. The second-order valence-electron chi connectivity index (χ2n) is 4.53. The fraction of sp³-hybridized carbons (Fsp3) is 0.462. The van der Waals surface area contributed by atoms with Crippen molar-refractivity contribution in [1.82, 2.24) is 0 Å². The van der Waals surface area contributed by atoms with Gasteiger partial charge in [0.1, 0.15) is 5.82 Å². The number of hydrogen-bond acceptors (Lipinski definition) is 2. The van der Waals surface area contributed by atoms with Crippen molar-refractivity contribution in [1.29, 1.82) is 0 Å². The zero-order valence-electron chi connectivity index (χ0n) is 10.3. The van der Waals surface area contributed by atoms with Crippen LogP contribution in [0.25, 0.3) is 0 Å². The Morgan fingerprint density at radius 1 is 1.47 bits per heavy atom. The minimum atomic E-state index is -0.656. The quantitative estimate of drug-likeness (QED) is 0.848. The molecule has 0 saturated carbocycles. The van der Waals surface area contributed by atoms with Gasteiger partial charge < -0.3 is 10.4 Å². The Kier molecular flexibility index (Phi) is 4.63. The van der Waals surface area contributed by atoms with Crippen LogP contribution in [0.4, 0.5) is 10.1 Å². The van der Waals surface area contributed by atoms with Crippen molar-refractivity contribution in [2.45, 2.75) is 33.3 Å². The van der Waals surface area contributed by atoms with Crippen LogP contribution in [-0.4, -0.2) is 17.1 Å². The lowest BCUT2D eigenvalue weighted by atomic mass is 10.0. The largest absolute Gasteiger partial charge is 0.392 e. The number of rotatable bonds is 4. The Bertz CT molecular complexity index is 404. The van der Waals surface area contributed by atoms with Gasteiger partial charge in [0.05, 0.1) is 12.5 Å². The second kappa shape index (κ2) is 5.77. The van der Waals surface area contributed by atoms with Gasteiger partial charge in [-0.25, -0.2) is 4.39 Å². The van der Waals surface area contributed by atoms with Crippen LogP contribution in [0.3, 0.4) is 0 Å². The molecule has 1 unspecified atom stereocenters. The molecule has 4 heteroatoms.